The Hall–Kier alpha value is -0.0800. The monoisotopic (exact) mass is 171 g/mol. The van der Waals surface area contributed by atoms with Crippen molar-refractivity contribution in [2.45, 2.75) is 57.6 Å². The average Bonchev–Trinajstić information content (AvgIpc) is 2.56. The molecule has 0 bridgehead atoms. The first kappa shape index (κ1) is 10.0. The maximum absolute atomic E-state index is 9.71. The van der Waals surface area contributed by atoms with Crippen molar-refractivity contribution in [2.75, 3.05) is 6.54 Å². The number of aliphatic hydroxyl groups is 1. The van der Waals surface area contributed by atoms with Crippen molar-refractivity contribution in [3.8, 4) is 0 Å². The van der Waals surface area contributed by atoms with Crippen LogP contribution >= 0.6 is 0 Å². The van der Waals surface area contributed by atoms with E-state index in [1.165, 1.54) is 25.7 Å². The molecule has 0 radical (unpaired) electrons. The number of aliphatic hydroxyl groups excluding tert-OH is 1. The fraction of sp³-hybridized carbons (Fsp3) is 1.00. The van der Waals surface area contributed by atoms with E-state index in [2.05, 4.69) is 12.2 Å². The van der Waals surface area contributed by atoms with Crippen LogP contribution < -0.4 is 5.32 Å². The van der Waals surface area contributed by atoms with Crippen molar-refractivity contribution >= 4 is 0 Å². The molecule has 1 heterocycles. The van der Waals surface area contributed by atoms with Crippen molar-refractivity contribution in [3.05, 3.63) is 0 Å². The minimum absolute atomic E-state index is 0.0981. The van der Waals surface area contributed by atoms with Gasteiger partial charge in [-0.1, -0.05) is 26.2 Å². The van der Waals surface area contributed by atoms with Crippen LogP contribution in [0, 0.1) is 0 Å². The predicted molar refractivity (Wildman–Crippen MR) is 51.2 cm³/mol. The van der Waals surface area contributed by atoms with Crippen LogP contribution in [0.25, 0.3) is 0 Å². The lowest BCUT2D eigenvalue weighted by Crippen LogP contribution is -2.34. The Morgan fingerprint density at radius 2 is 2.33 bits per heavy atom. The molecule has 2 heteroatoms. The van der Waals surface area contributed by atoms with Crippen LogP contribution in [0.15, 0.2) is 0 Å². The zero-order valence-corrected chi connectivity index (χ0v) is 8.05. The summed E-state index contributed by atoms with van der Waals surface area (Å²) in [5.74, 6) is 0. The molecule has 0 aromatic carbocycles. The summed E-state index contributed by atoms with van der Waals surface area (Å²) in [5, 5.41) is 13.0. The lowest BCUT2D eigenvalue weighted by atomic mass is 10.0. The first-order chi connectivity index (χ1) is 5.84. The second-order valence-corrected chi connectivity index (χ2v) is 3.77. The average molecular weight is 171 g/mol. The van der Waals surface area contributed by atoms with E-state index in [0.29, 0.717) is 6.04 Å². The highest BCUT2D eigenvalue weighted by Gasteiger charge is 2.21. The summed E-state index contributed by atoms with van der Waals surface area (Å²) in [6.07, 6.45) is 6.94. The molecule has 2 N–H and O–H groups in total. The third-order valence-corrected chi connectivity index (χ3v) is 2.67. The van der Waals surface area contributed by atoms with E-state index in [0.717, 1.165) is 19.4 Å². The molecule has 2 unspecified atom stereocenters. The van der Waals surface area contributed by atoms with Crippen LogP contribution in [0.2, 0.25) is 0 Å². The van der Waals surface area contributed by atoms with Gasteiger partial charge in [0.1, 0.15) is 0 Å². The summed E-state index contributed by atoms with van der Waals surface area (Å²) in [5.41, 5.74) is 0. The SMILES string of the molecule is CCCCCC(O)C1CCCN1. The number of hydrogen-bond donors (Lipinski definition) is 2. The molecule has 0 spiro atoms. The summed E-state index contributed by atoms with van der Waals surface area (Å²) >= 11 is 0. The molecule has 1 fully saturated rings. The van der Waals surface area contributed by atoms with Gasteiger partial charge < -0.3 is 10.4 Å². The summed E-state index contributed by atoms with van der Waals surface area (Å²) < 4.78 is 0. The van der Waals surface area contributed by atoms with E-state index < -0.39 is 0 Å². The molecule has 1 saturated heterocycles. The number of unbranched alkanes of at least 4 members (excludes halogenated alkanes) is 2. The van der Waals surface area contributed by atoms with Gasteiger partial charge in [-0.15, -0.1) is 0 Å². The van der Waals surface area contributed by atoms with Gasteiger partial charge in [-0.2, -0.15) is 0 Å². The topological polar surface area (TPSA) is 32.3 Å². The van der Waals surface area contributed by atoms with Gasteiger partial charge in [-0.25, -0.2) is 0 Å². The third-order valence-electron chi connectivity index (χ3n) is 2.67. The molecular formula is C10H21NO. The standard InChI is InChI=1S/C10H21NO/c1-2-3-4-7-10(12)9-6-5-8-11-9/h9-12H,2-8H2,1H3. The molecule has 2 nitrogen and oxygen atoms in total. The first-order valence-electron chi connectivity index (χ1n) is 5.26. The van der Waals surface area contributed by atoms with Gasteiger partial charge in [-0.3, -0.25) is 0 Å². The third kappa shape index (κ3) is 3.11. The Bertz CT molecular complexity index is 110. The minimum Gasteiger partial charge on any atom is -0.392 e. The molecular weight excluding hydrogens is 150 g/mol. The van der Waals surface area contributed by atoms with Crippen LogP contribution in [0.3, 0.4) is 0 Å². The van der Waals surface area contributed by atoms with E-state index >= 15 is 0 Å². The highest BCUT2D eigenvalue weighted by molar-refractivity contribution is 4.80. The van der Waals surface area contributed by atoms with Crippen molar-refractivity contribution in [2.24, 2.45) is 0 Å². The Kier molecular flexibility index (Phi) is 4.62. The van der Waals surface area contributed by atoms with Crippen LogP contribution in [0.5, 0.6) is 0 Å². The van der Waals surface area contributed by atoms with E-state index in [9.17, 15) is 5.11 Å². The van der Waals surface area contributed by atoms with Gasteiger partial charge >= 0.3 is 0 Å². The van der Waals surface area contributed by atoms with Crippen molar-refractivity contribution < 1.29 is 5.11 Å². The molecule has 0 saturated carbocycles. The lowest BCUT2D eigenvalue weighted by molar-refractivity contribution is 0.123. The minimum atomic E-state index is -0.0981. The van der Waals surface area contributed by atoms with Crippen LogP contribution in [0.4, 0.5) is 0 Å². The molecule has 1 rings (SSSR count). The fourth-order valence-corrected chi connectivity index (χ4v) is 1.84. The Morgan fingerprint density at radius 1 is 1.50 bits per heavy atom. The Morgan fingerprint density at radius 3 is 2.92 bits per heavy atom. The summed E-state index contributed by atoms with van der Waals surface area (Å²) in [6.45, 7) is 3.29. The van der Waals surface area contributed by atoms with Crippen molar-refractivity contribution in [1.29, 1.82) is 0 Å². The van der Waals surface area contributed by atoms with Gasteiger partial charge in [0.15, 0.2) is 0 Å². The van der Waals surface area contributed by atoms with Crippen LogP contribution in [0.1, 0.15) is 45.4 Å². The summed E-state index contributed by atoms with van der Waals surface area (Å²) in [4.78, 5) is 0. The highest BCUT2D eigenvalue weighted by atomic mass is 16.3. The van der Waals surface area contributed by atoms with E-state index in [-0.39, 0.29) is 6.10 Å². The second kappa shape index (κ2) is 5.55. The molecule has 0 aromatic rings. The van der Waals surface area contributed by atoms with E-state index in [1.807, 2.05) is 0 Å². The maximum atomic E-state index is 9.71. The predicted octanol–water partition coefficient (Wildman–Crippen LogP) is 1.68. The number of hydrogen-bond acceptors (Lipinski definition) is 2. The lowest BCUT2D eigenvalue weighted by Gasteiger charge is -2.17. The molecule has 0 amide bonds. The van der Waals surface area contributed by atoms with Gasteiger partial charge in [0.05, 0.1) is 6.10 Å². The quantitative estimate of drug-likeness (QED) is 0.617. The van der Waals surface area contributed by atoms with Crippen LogP contribution in [-0.4, -0.2) is 23.8 Å². The highest BCUT2D eigenvalue weighted by Crippen LogP contribution is 2.14. The number of nitrogens with one attached hydrogen (secondary N) is 1. The summed E-state index contributed by atoms with van der Waals surface area (Å²) in [6, 6.07) is 0.391. The summed E-state index contributed by atoms with van der Waals surface area (Å²) in [7, 11) is 0. The van der Waals surface area contributed by atoms with E-state index in [1.54, 1.807) is 0 Å². The number of rotatable bonds is 5. The molecule has 1 aliphatic heterocycles. The second-order valence-electron chi connectivity index (χ2n) is 3.77. The largest absolute Gasteiger partial charge is 0.392 e. The normalized spacial score (nSPS) is 26.0. The van der Waals surface area contributed by atoms with Gasteiger partial charge in [0.2, 0.25) is 0 Å². The molecule has 2 atom stereocenters. The van der Waals surface area contributed by atoms with Gasteiger partial charge in [0.25, 0.3) is 0 Å². The Labute approximate surface area is 75.4 Å². The fourth-order valence-electron chi connectivity index (χ4n) is 1.84. The zero-order valence-electron chi connectivity index (χ0n) is 8.05. The Balaban J connectivity index is 2.05. The first-order valence-corrected chi connectivity index (χ1v) is 5.26. The molecule has 0 aliphatic carbocycles. The smallest absolute Gasteiger partial charge is 0.0693 e. The molecule has 1 aliphatic rings. The van der Waals surface area contributed by atoms with Crippen LogP contribution in [-0.2, 0) is 0 Å². The molecule has 12 heavy (non-hydrogen) atoms. The molecule has 72 valence electrons. The van der Waals surface area contributed by atoms with E-state index in [4.69, 9.17) is 0 Å². The maximum Gasteiger partial charge on any atom is 0.0693 e. The zero-order chi connectivity index (χ0) is 8.81. The van der Waals surface area contributed by atoms with Crippen molar-refractivity contribution in [3.63, 3.8) is 0 Å². The molecule has 0 aromatic heterocycles. The van der Waals surface area contributed by atoms with Gasteiger partial charge in [-0.05, 0) is 25.8 Å². The van der Waals surface area contributed by atoms with Crippen molar-refractivity contribution in [1.82, 2.24) is 5.32 Å². The van der Waals surface area contributed by atoms with Gasteiger partial charge in [0, 0.05) is 6.04 Å².